The predicted octanol–water partition coefficient (Wildman–Crippen LogP) is 4.53. The zero-order valence-corrected chi connectivity index (χ0v) is 19.6. The third-order valence-corrected chi connectivity index (χ3v) is 6.00. The summed E-state index contributed by atoms with van der Waals surface area (Å²) in [7, 11) is -3.45. The summed E-state index contributed by atoms with van der Waals surface area (Å²) in [5.74, 6) is -2.52. The first kappa shape index (κ1) is 25.9. The normalized spacial score (nSPS) is 16.3. The minimum absolute atomic E-state index is 0.0640. The van der Waals surface area contributed by atoms with Crippen LogP contribution in [0.5, 0.6) is 0 Å². The summed E-state index contributed by atoms with van der Waals surface area (Å²) in [5, 5.41) is 5.73. The summed E-state index contributed by atoms with van der Waals surface area (Å²) in [6.45, 7) is 1.43. The second-order valence-electron chi connectivity index (χ2n) is 7.98. The Morgan fingerprint density at radius 1 is 1.29 bits per heavy atom. The Hall–Kier alpha value is -2.73. The van der Waals surface area contributed by atoms with Crippen LogP contribution in [-0.4, -0.2) is 36.6 Å². The summed E-state index contributed by atoms with van der Waals surface area (Å²) in [4.78, 5) is 19.5. The van der Waals surface area contributed by atoms with E-state index in [1.54, 1.807) is 0 Å². The monoisotopic (exact) mass is 520 g/mol. The molecule has 13 heteroatoms. The molecule has 1 fully saturated rings. The van der Waals surface area contributed by atoms with Crippen molar-refractivity contribution >= 4 is 33.0 Å². The lowest BCUT2D eigenvalue weighted by Gasteiger charge is -2.23. The van der Waals surface area contributed by atoms with Crippen LogP contribution in [-0.2, 0) is 16.0 Å². The molecule has 0 aliphatic heterocycles. The Bertz CT molecular complexity index is 1220. The molecule has 1 aromatic heterocycles. The van der Waals surface area contributed by atoms with E-state index in [-0.39, 0.29) is 10.9 Å². The van der Waals surface area contributed by atoms with Gasteiger partial charge in [-0.1, -0.05) is 29.8 Å². The number of carbonyl (C=O) groups is 1. The lowest BCUT2D eigenvalue weighted by atomic mass is 10.0. The fourth-order valence-corrected chi connectivity index (χ4v) is 3.96. The van der Waals surface area contributed by atoms with Crippen molar-refractivity contribution in [2.75, 3.05) is 11.6 Å². The molecule has 2 aromatic rings. The van der Waals surface area contributed by atoms with E-state index in [1.807, 2.05) is 0 Å². The number of rotatable bonds is 8. The van der Waals surface area contributed by atoms with Gasteiger partial charge in [-0.25, -0.2) is 22.8 Å². The maximum absolute atomic E-state index is 13.9. The van der Waals surface area contributed by atoms with Crippen LogP contribution in [0.1, 0.15) is 47.7 Å². The van der Waals surface area contributed by atoms with Crippen molar-refractivity contribution in [1.82, 2.24) is 15.3 Å². The third kappa shape index (κ3) is 6.66. The SMILES string of the molecule is C[C@H](/C=C/S(C)(=O)=O)NC(=O)c1ncc(N[C@H](c2cccc(F)c2Cl)C2CC2)c(C(F)(F)F)n1. The van der Waals surface area contributed by atoms with Crippen molar-refractivity contribution < 1.29 is 30.8 Å². The Morgan fingerprint density at radius 2 is 1.97 bits per heavy atom. The minimum Gasteiger partial charge on any atom is -0.375 e. The zero-order valence-electron chi connectivity index (χ0n) is 18.0. The number of hydrogen-bond donors (Lipinski definition) is 2. The number of carbonyl (C=O) groups excluding carboxylic acids is 1. The van der Waals surface area contributed by atoms with E-state index in [0.29, 0.717) is 18.4 Å². The highest BCUT2D eigenvalue weighted by Crippen LogP contribution is 2.46. The van der Waals surface area contributed by atoms with Crippen LogP contribution in [0.2, 0.25) is 5.02 Å². The fraction of sp³-hybridized carbons (Fsp3) is 0.381. The number of nitrogens with zero attached hydrogens (tertiary/aromatic N) is 2. The van der Waals surface area contributed by atoms with Gasteiger partial charge in [-0.3, -0.25) is 4.79 Å². The maximum atomic E-state index is 13.9. The lowest BCUT2D eigenvalue weighted by molar-refractivity contribution is -0.140. The molecule has 3 rings (SSSR count). The van der Waals surface area contributed by atoms with Gasteiger partial charge in [0.15, 0.2) is 15.5 Å². The third-order valence-electron chi connectivity index (χ3n) is 4.95. The van der Waals surface area contributed by atoms with Crippen molar-refractivity contribution in [3.63, 3.8) is 0 Å². The quantitative estimate of drug-likeness (QED) is 0.496. The standard InChI is InChI=1S/C21H21ClF4N4O3S/c1-11(8-9-34(2,32)33)28-20(31)19-27-10-15(18(30-19)21(24,25)26)29-17(12-6-7-12)13-4-3-5-14(23)16(13)22/h3-5,8-12,17,29H,6-7H2,1-2H3,(H,28,31)/b9-8+/t11-,17+/m1/s1. The van der Waals surface area contributed by atoms with Crippen LogP contribution >= 0.6 is 11.6 Å². The number of halogens is 5. The highest BCUT2D eigenvalue weighted by molar-refractivity contribution is 7.93. The predicted molar refractivity (Wildman–Crippen MR) is 118 cm³/mol. The molecule has 2 atom stereocenters. The van der Waals surface area contributed by atoms with E-state index in [2.05, 4.69) is 20.6 Å². The van der Waals surface area contributed by atoms with E-state index >= 15 is 0 Å². The van der Waals surface area contributed by atoms with Crippen LogP contribution in [0.15, 0.2) is 35.9 Å². The highest BCUT2D eigenvalue weighted by atomic mass is 35.5. The minimum atomic E-state index is -4.93. The first-order valence-corrected chi connectivity index (χ1v) is 12.4. The Kier molecular flexibility index (Phi) is 7.51. The molecule has 0 bridgehead atoms. The van der Waals surface area contributed by atoms with E-state index in [0.717, 1.165) is 30.0 Å². The Balaban J connectivity index is 1.89. The molecule has 2 N–H and O–H groups in total. The Labute approximate surface area is 198 Å². The van der Waals surface area contributed by atoms with Gasteiger partial charge in [0.2, 0.25) is 5.82 Å². The topological polar surface area (TPSA) is 101 Å². The summed E-state index contributed by atoms with van der Waals surface area (Å²) >= 11 is 6.06. The Morgan fingerprint density at radius 3 is 2.56 bits per heavy atom. The van der Waals surface area contributed by atoms with Gasteiger partial charge in [-0.2, -0.15) is 13.2 Å². The number of anilines is 1. The zero-order chi connectivity index (χ0) is 25.3. The van der Waals surface area contributed by atoms with E-state index in [9.17, 15) is 30.8 Å². The first-order valence-electron chi connectivity index (χ1n) is 10.1. The molecular weight excluding hydrogens is 500 g/mol. The summed E-state index contributed by atoms with van der Waals surface area (Å²) in [6.07, 6.45) is -0.546. The van der Waals surface area contributed by atoms with Gasteiger partial charge in [0.25, 0.3) is 5.91 Å². The first-order chi connectivity index (χ1) is 15.8. The van der Waals surface area contributed by atoms with Crippen LogP contribution in [0.25, 0.3) is 0 Å². The van der Waals surface area contributed by atoms with Gasteiger partial charge in [0.05, 0.1) is 22.9 Å². The van der Waals surface area contributed by atoms with Crippen LogP contribution < -0.4 is 10.6 Å². The van der Waals surface area contributed by atoms with Gasteiger partial charge in [0, 0.05) is 17.7 Å². The van der Waals surface area contributed by atoms with E-state index < -0.39 is 57.0 Å². The maximum Gasteiger partial charge on any atom is 0.435 e. The fourth-order valence-electron chi connectivity index (χ4n) is 3.20. The van der Waals surface area contributed by atoms with Gasteiger partial charge in [-0.15, -0.1) is 0 Å². The largest absolute Gasteiger partial charge is 0.435 e. The second kappa shape index (κ2) is 9.87. The van der Waals surface area contributed by atoms with Crippen LogP contribution in [0.4, 0.5) is 23.2 Å². The van der Waals surface area contributed by atoms with E-state index in [4.69, 9.17) is 11.6 Å². The molecule has 34 heavy (non-hydrogen) atoms. The number of nitrogens with one attached hydrogen (secondary N) is 2. The molecule has 7 nitrogen and oxygen atoms in total. The molecule has 1 aliphatic carbocycles. The number of alkyl halides is 3. The summed E-state index contributed by atoms with van der Waals surface area (Å²) in [5.41, 5.74) is -1.54. The average Bonchev–Trinajstić information content (AvgIpc) is 3.57. The van der Waals surface area contributed by atoms with Gasteiger partial charge in [-0.05, 0) is 37.3 Å². The van der Waals surface area contributed by atoms with Crippen molar-refractivity contribution in [2.45, 2.75) is 38.0 Å². The average molecular weight is 521 g/mol. The van der Waals surface area contributed by atoms with Gasteiger partial charge >= 0.3 is 6.18 Å². The van der Waals surface area contributed by atoms with Crippen molar-refractivity contribution in [2.24, 2.45) is 5.92 Å². The summed E-state index contributed by atoms with van der Waals surface area (Å²) < 4.78 is 77.7. The highest BCUT2D eigenvalue weighted by Gasteiger charge is 2.40. The van der Waals surface area contributed by atoms with Crippen molar-refractivity contribution in [3.05, 3.63) is 63.8 Å². The molecule has 1 aromatic carbocycles. The number of sulfone groups is 1. The van der Waals surface area contributed by atoms with Crippen LogP contribution in [0, 0.1) is 11.7 Å². The molecule has 1 heterocycles. The molecule has 1 saturated carbocycles. The molecule has 0 unspecified atom stereocenters. The molecule has 1 aliphatic rings. The molecular formula is C21H21ClF4N4O3S. The van der Waals surface area contributed by atoms with Gasteiger partial charge < -0.3 is 10.6 Å². The molecule has 0 spiro atoms. The van der Waals surface area contributed by atoms with Crippen molar-refractivity contribution in [1.29, 1.82) is 0 Å². The number of aromatic nitrogens is 2. The molecule has 0 saturated heterocycles. The second-order valence-corrected chi connectivity index (χ2v) is 10.3. The van der Waals surface area contributed by atoms with Crippen LogP contribution in [0.3, 0.4) is 0 Å². The van der Waals surface area contributed by atoms with Crippen molar-refractivity contribution in [3.8, 4) is 0 Å². The number of amides is 1. The molecule has 1 amide bonds. The molecule has 184 valence electrons. The number of hydrogen-bond acceptors (Lipinski definition) is 6. The molecule has 0 radical (unpaired) electrons. The summed E-state index contributed by atoms with van der Waals surface area (Å²) in [6, 6.07) is 2.57. The lowest BCUT2D eigenvalue weighted by Crippen LogP contribution is -2.33. The number of benzene rings is 1. The smallest absolute Gasteiger partial charge is 0.375 e. The van der Waals surface area contributed by atoms with E-state index in [1.165, 1.54) is 19.1 Å². The van der Waals surface area contributed by atoms with Gasteiger partial charge in [0.1, 0.15) is 5.82 Å².